The third-order valence-corrected chi connectivity index (χ3v) is 6.11. The van der Waals surface area contributed by atoms with Crippen LogP contribution in [0, 0.1) is 0 Å². The molecule has 7 heteroatoms. The van der Waals surface area contributed by atoms with Crippen LogP contribution in [0.25, 0.3) is 0 Å². The molecule has 2 aromatic carbocycles. The number of carbonyl (C=O) groups excluding carboxylic acids is 2. The van der Waals surface area contributed by atoms with E-state index in [0.29, 0.717) is 12.2 Å². The van der Waals surface area contributed by atoms with Gasteiger partial charge in [0.1, 0.15) is 29.7 Å². The third-order valence-electron chi connectivity index (χ3n) is 6.11. The highest BCUT2D eigenvalue weighted by atomic mass is 16.5. The Morgan fingerprint density at radius 2 is 1.90 bits per heavy atom. The van der Waals surface area contributed by atoms with E-state index in [9.17, 15) is 14.7 Å². The number of β-amino-alcohol motifs (C(OH)–C–C–N with tert-alkyl or cyclic N) is 1. The van der Waals surface area contributed by atoms with Crippen LogP contribution in [0.2, 0.25) is 0 Å². The van der Waals surface area contributed by atoms with Crippen molar-refractivity contribution >= 4 is 11.9 Å². The zero-order chi connectivity index (χ0) is 22.0. The second kappa shape index (κ2) is 8.59. The maximum Gasteiger partial charge on any atom is 0.325 e. The normalized spacial score (nSPS) is 21.1. The predicted molar refractivity (Wildman–Crippen MR) is 115 cm³/mol. The van der Waals surface area contributed by atoms with Crippen LogP contribution >= 0.6 is 0 Å². The van der Waals surface area contributed by atoms with E-state index in [1.807, 2.05) is 36.4 Å². The number of aliphatic hydroxyl groups is 1. The molecule has 2 aliphatic rings. The monoisotopic (exact) mass is 424 g/mol. The average Bonchev–Trinajstić information content (AvgIpc) is 3.02. The van der Waals surface area contributed by atoms with Crippen LogP contribution in [0.4, 0.5) is 4.79 Å². The summed E-state index contributed by atoms with van der Waals surface area (Å²) in [5, 5.41) is 13.3. The summed E-state index contributed by atoms with van der Waals surface area (Å²) in [6.07, 6.45) is 2.08. The van der Waals surface area contributed by atoms with Crippen molar-refractivity contribution < 1.29 is 24.2 Å². The standard InChI is InChI=1S/C24H28N2O5/c1-3-16-6-8-19(9-7-16)31-15-18(27)14-26-22(28)24(25-23(26)29)12-4-5-17-13-20(30-2)10-11-21(17)24/h6-11,13,18,27H,3-5,12,14-15H2,1-2H3,(H,25,29)/t18-,24-/m1/s1. The van der Waals surface area contributed by atoms with E-state index >= 15 is 0 Å². The highest BCUT2D eigenvalue weighted by molar-refractivity contribution is 6.07. The van der Waals surface area contributed by atoms with Gasteiger partial charge >= 0.3 is 6.03 Å². The van der Waals surface area contributed by atoms with Gasteiger partial charge in [0.25, 0.3) is 5.91 Å². The highest BCUT2D eigenvalue weighted by Gasteiger charge is 2.54. The lowest BCUT2D eigenvalue weighted by atomic mass is 9.76. The molecule has 1 aliphatic carbocycles. The molecule has 164 valence electrons. The third kappa shape index (κ3) is 3.97. The average molecular weight is 424 g/mol. The fourth-order valence-corrected chi connectivity index (χ4v) is 4.42. The van der Waals surface area contributed by atoms with Crippen molar-refractivity contribution in [3.8, 4) is 11.5 Å². The molecule has 0 saturated carbocycles. The lowest BCUT2D eigenvalue weighted by Gasteiger charge is -2.33. The molecule has 0 radical (unpaired) electrons. The maximum atomic E-state index is 13.3. The van der Waals surface area contributed by atoms with Crippen molar-refractivity contribution in [1.29, 1.82) is 0 Å². The molecule has 31 heavy (non-hydrogen) atoms. The van der Waals surface area contributed by atoms with Gasteiger partial charge in [0, 0.05) is 0 Å². The fraction of sp³-hybridized carbons (Fsp3) is 0.417. The number of urea groups is 1. The van der Waals surface area contributed by atoms with E-state index in [4.69, 9.17) is 9.47 Å². The van der Waals surface area contributed by atoms with Gasteiger partial charge in [-0.1, -0.05) is 25.1 Å². The van der Waals surface area contributed by atoms with Crippen molar-refractivity contribution in [2.45, 2.75) is 44.2 Å². The Labute approximate surface area is 182 Å². The van der Waals surface area contributed by atoms with E-state index in [1.54, 1.807) is 13.2 Å². The molecule has 1 saturated heterocycles. The van der Waals surface area contributed by atoms with Gasteiger partial charge in [0.2, 0.25) is 0 Å². The quantitative estimate of drug-likeness (QED) is 0.668. The van der Waals surface area contributed by atoms with Crippen molar-refractivity contribution in [2.75, 3.05) is 20.3 Å². The van der Waals surface area contributed by atoms with E-state index in [-0.39, 0.29) is 19.1 Å². The largest absolute Gasteiger partial charge is 0.497 e. The number of ether oxygens (including phenoxy) is 2. The minimum absolute atomic E-state index is 0.0106. The van der Waals surface area contributed by atoms with E-state index in [1.165, 1.54) is 5.56 Å². The minimum Gasteiger partial charge on any atom is -0.497 e. The molecule has 2 N–H and O–H groups in total. The Kier molecular flexibility index (Phi) is 5.87. The summed E-state index contributed by atoms with van der Waals surface area (Å²) in [6, 6.07) is 12.7. The number of aliphatic hydroxyl groups excluding tert-OH is 1. The second-order valence-electron chi connectivity index (χ2n) is 8.09. The van der Waals surface area contributed by atoms with Crippen LogP contribution in [-0.2, 0) is 23.2 Å². The van der Waals surface area contributed by atoms with Gasteiger partial charge < -0.3 is 19.9 Å². The molecule has 7 nitrogen and oxygen atoms in total. The number of aryl methyl sites for hydroxylation is 2. The molecule has 1 heterocycles. The number of amides is 3. The summed E-state index contributed by atoms with van der Waals surface area (Å²) in [5.74, 6) is 1.04. The molecule has 1 fully saturated rings. The van der Waals surface area contributed by atoms with Crippen LogP contribution in [-0.4, -0.2) is 48.3 Å². The minimum atomic E-state index is -1.08. The van der Waals surface area contributed by atoms with Crippen molar-refractivity contribution in [3.63, 3.8) is 0 Å². The number of nitrogens with one attached hydrogen (secondary N) is 1. The van der Waals surface area contributed by atoms with Gasteiger partial charge in [-0.3, -0.25) is 9.69 Å². The number of imide groups is 1. The molecular formula is C24H28N2O5. The first-order chi connectivity index (χ1) is 15.0. The highest BCUT2D eigenvalue weighted by Crippen LogP contribution is 2.41. The smallest absolute Gasteiger partial charge is 0.325 e. The van der Waals surface area contributed by atoms with E-state index in [0.717, 1.165) is 41.0 Å². The van der Waals surface area contributed by atoms with Crippen LogP contribution < -0.4 is 14.8 Å². The lowest BCUT2D eigenvalue weighted by Crippen LogP contribution is -2.47. The number of fused-ring (bicyclic) bond motifs is 2. The molecule has 0 aromatic heterocycles. The van der Waals surface area contributed by atoms with Gasteiger partial charge in [-0.05, 0) is 66.6 Å². The van der Waals surface area contributed by atoms with Gasteiger partial charge in [0.15, 0.2) is 0 Å². The Bertz CT molecular complexity index is 974. The van der Waals surface area contributed by atoms with E-state index < -0.39 is 17.7 Å². The zero-order valence-corrected chi connectivity index (χ0v) is 17.9. The van der Waals surface area contributed by atoms with Crippen molar-refractivity contribution in [3.05, 3.63) is 59.2 Å². The molecule has 3 amide bonds. The number of nitrogens with zero attached hydrogens (tertiary/aromatic N) is 1. The maximum absolute atomic E-state index is 13.3. The first-order valence-corrected chi connectivity index (χ1v) is 10.7. The summed E-state index contributed by atoms with van der Waals surface area (Å²) >= 11 is 0. The Morgan fingerprint density at radius 3 is 2.61 bits per heavy atom. The summed E-state index contributed by atoms with van der Waals surface area (Å²) in [4.78, 5) is 27.1. The molecule has 0 bridgehead atoms. The molecule has 4 rings (SSSR count). The number of hydrogen-bond acceptors (Lipinski definition) is 5. The number of methoxy groups -OCH3 is 1. The van der Waals surface area contributed by atoms with Gasteiger partial charge in [0.05, 0.1) is 13.7 Å². The Morgan fingerprint density at radius 1 is 1.16 bits per heavy atom. The van der Waals surface area contributed by atoms with Crippen LogP contribution in [0.5, 0.6) is 11.5 Å². The van der Waals surface area contributed by atoms with Gasteiger partial charge in [-0.2, -0.15) is 0 Å². The van der Waals surface area contributed by atoms with Crippen molar-refractivity contribution in [1.82, 2.24) is 10.2 Å². The first kappa shape index (κ1) is 21.2. The van der Waals surface area contributed by atoms with Crippen molar-refractivity contribution in [2.24, 2.45) is 0 Å². The summed E-state index contributed by atoms with van der Waals surface area (Å²) in [5.41, 5.74) is 1.93. The summed E-state index contributed by atoms with van der Waals surface area (Å²) in [7, 11) is 1.60. The zero-order valence-electron chi connectivity index (χ0n) is 17.9. The predicted octanol–water partition coefficient (Wildman–Crippen LogP) is 2.78. The van der Waals surface area contributed by atoms with Crippen LogP contribution in [0.1, 0.15) is 36.5 Å². The summed E-state index contributed by atoms with van der Waals surface area (Å²) < 4.78 is 10.9. The number of benzene rings is 2. The second-order valence-corrected chi connectivity index (χ2v) is 8.09. The molecule has 2 aromatic rings. The Balaban J connectivity index is 1.45. The summed E-state index contributed by atoms with van der Waals surface area (Å²) in [6.45, 7) is 1.94. The van der Waals surface area contributed by atoms with Gasteiger partial charge in [-0.15, -0.1) is 0 Å². The molecular weight excluding hydrogens is 396 g/mol. The van der Waals surface area contributed by atoms with Gasteiger partial charge in [-0.25, -0.2) is 4.79 Å². The van der Waals surface area contributed by atoms with E-state index in [2.05, 4.69) is 12.2 Å². The number of rotatable bonds is 7. The first-order valence-electron chi connectivity index (χ1n) is 10.7. The fourth-order valence-electron chi connectivity index (χ4n) is 4.42. The SMILES string of the molecule is CCc1ccc(OC[C@H](O)CN2C(=O)N[C@@]3(CCCc4cc(OC)ccc43)C2=O)cc1. The molecule has 1 aliphatic heterocycles. The number of carbonyl (C=O) groups is 2. The molecule has 1 spiro atoms. The Hall–Kier alpha value is -3.06. The van der Waals surface area contributed by atoms with Crippen LogP contribution in [0.15, 0.2) is 42.5 Å². The topological polar surface area (TPSA) is 88.1 Å². The molecule has 2 atom stereocenters. The van der Waals surface area contributed by atoms with Crippen LogP contribution in [0.3, 0.4) is 0 Å². The molecule has 0 unspecified atom stereocenters. The lowest BCUT2D eigenvalue weighted by molar-refractivity contribution is -0.133. The number of hydrogen-bond donors (Lipinski definition) is 2.